The molecule has 13 rings (SSSR count). The molecule has 0 spiro atoms. The van der Waals surface area contributed by atoms with E-state index < -0.39 is 0 Å². The Balaban J connectivity index is 1.04. The highest BCUT2D eigenvalue weighted by molar-refractivity contribution is 7.25. The summed E-state index contributed by atoms with van der Waals surface area (Å²) in [5.41, 5.74) is 9.42. The maximum atomic E-state index is 6.29. The van der Waals surface area contributed by atoms with E-state index in [-0.39, 0.29) is 0 Å². The summed E-state index contributed by atoms with van der Waals surface area (Å²) in [6, 6.07) is 71.6. The molecule has 0 aliphatic heterocycles. The summed E-state index contributed by atoms with van der Waals surface area (Å²) in [4.78, 5) is 0. The predicted octanol–water partition coefficient (Wildman–Crippen LogP) is 16.7. The van der Waals surface area contributed by atoms with Crippen LogP contribution in [0.1, 0.15) is 0 Å². The van der Waals surface area contributed by atoms with Crippen molar-refractivity contribution in [2.24, 2.45) is 0 Å². The first kappa shape index (κ1) is 31.9. The van der Waals surface area contributed by atoms with E-state index in [2.05, 4.69) is 188 Å². The first-order chi connectivity index (χ1) is 28.8. The van der Waals surface area contributed by atoms with Gasteiger partial charge < -0.3 is 4.42 Å². The molecule has 0 amide bonds. The molecule has 0 radical (unpaired) electrons. The first-order valence-corrected chi connectivity index (χ1v) is 20.7. The lowest BCUT2D eigenvalue weighted by Crippen LogP contribution is -1.93. The fourth-order valence-electron chi connectivity index (χ4n) is 9.91. The third-order valence-electron chi connectivity index (χ3n) is 12.4. The third kappa shape index (κ3) is 4.52. The lowest BCUT2D eigenvalue weighted by Gasteiger charge is -2.20. The van der Waals surface area contributed by atoms with Crippen LogP contribution >= 0.6 is 11.3 Å². The molecular formula is C56H32OS. The van der Waals surface area contributed by atoms with Gasteiger partial charge in [0.2, 0.25) is 0 Å². The monoisotopic (exact) mass is 752 g/mol. The molecule has 0 saturated heterocycles. The number of furan rings is 1. The lowest BCUT2D eigenvalue weighted by molar-refractivity contribution is 0.669. The summed E-state index contributed by atoms with van der Waals surface area (Å²) in [5.74, 6) is 0. The molecule has 0 fully saturated rings. The van der Waals surface area contributed by atoms with Crippen LogP contribution in [-0.2, 0) is 0 Å². The number of rotatable bonds is 3. The van der Waals surface area contributed by atoms with Crippen molar-refractivity contribution in [1.29, 1.82) is 0 Å². The van der Waals surface area contributed by atoms with Crippen molar-refractivity contribution >= 4 is 107 Å². The third-order valence-corrected chi connectivity index (χ3v) is 13.6. The van der Waals surface area contributed by atoms with Crippen molar-refractivity contribution in [2.75, 3.05) is 0 Å². The number of hydrogen-bond donors (Lipinski definition) is 0. The highest BCUT2D eigenvalue weighted by atomic mass is 32.1. The maximum Gasteiger partial charge on any atom is 0.136 e. The molecule has 13 aromatic rings. The second kappa shape index (κ2) is 12.1. The zero-order valence-electron chi connectivity index (χ0n) is 31.3. The summed E-state index contributed by atoms with van der Waals surface area (Å²) in [6.45, 7) is 0. The van der Waals surface area contributed by atoms with Crippen LogP contribution < -0.4 is 0 Å². The summed E-state index contributed by atoms with van der Waals surface area (Å²) < 4.78 is 8.89. The molecule has 268 valence electrons. The van der Waals surface area contributed by atoms with Crippen LogP contribution in [-0.4, -0.2) is 0 Å². The normalized spacial score (nSPS) is 12.1. The SMILES string of the molecule is c1ccc2c(-c3c4ccccc4c(-c4ccc(-c5ccc6sc7cc8ccc9oc%10ccccc%10c9c8cc7c6c5)c5ccccc45)c4ccccc34)cccc2c1. The van der Waals surface area contributed by atoms with E-state index in [1.807, 2.05) is 17.4 Å². The van der Waals surface area contributed by atoms with Gasteiger partial charge in [0.25, 0.3) is 0 Å². The Kier molecular flexibility index (Phi) is 6.66. The molecule has 0 aliphatic rings. The molecule has 0 aliphatic carbocycles. The topological polar surface area (TPSA) is 13.1 Å². The zero-order chi connectivity index (χ0) is 37.9. The molecule has 0 bridgehead atoms. The van der Waals surface area contributed by atoms with E-state index in [1.165, 1.54) is 113 Å². The van der Waals surface area contributed by atoms with Gasteiger partial charge in [0.1, 0.15) is 11.2 Å². The van der Waals surface area contributed by atoms with Crippen LogP contribution in [0.3, 0.4) is 0 Å². The number of benzene rings is 11. The molecule has 2 aromatic heterocycles. The van der Waals surface area contributed by atoms with Gasteiger partial charge >= 0.3 is 0 Å². The number of para-hydroxylation sites is 1. The van der Waals surface area contributed by atoms with Crippen molar-refractivity contribution in [1.82, 2.24) is 0 Å². The smallest absolute Gasteiger partial charge is 0.136 e. The largest absolute Gasteiger partial charge is 0.456 e. The van der Waals surface area contributed by atoms with Gasteiger partial charge in [0.05, 0.1) is 0 Å². The molecule has 11 aromatic carbocycles. The Morgan fingerprint density at radius 3 is 1.60 bits per heavy atom. The van der Waals surface area contributed by atoms with Gasteiger partial charge in [-0.1, -0.05) is 158 Å². The van der Waals surface area contributed by atoms with Crippen molar-refractivity contribution in [3.8, 4) is 33.4 Å². The highest BCUT2D eigenvalue weighted by Crippen LogP contribution is 2.48. The molecule has 0 N–H and O–H groups in total. The van der Waals surface area contributed by atoms with E-state index in [1.54, 1.807) is 0 Å². The van der Waals surface area contributed by atoms with Gasteiger partial charge in [-0.3, -0.25) is 0 Å². The van der Waals surface area contributed by atoms with Gasteiger partial charge in [-0.25, -0.2) is 0 Å². The van der Waals surface area contributed by atoms with E-state index in [0.29, 0.717) is 0 Å². The minimum atomic E-state index is 0.930. The van der Waals surface area contributed by atoms with Gasteiger partial charge in [-0.2, -0.15) is 0 Å². The molecule has 2 heterocycles. The number of fused-ring (bicyclic) bond motifs is 12. The summed E-state index contributed by atoms with van der Waals surface area (Å²) in [6.07, 6.45) is 0. The number of thiophene rings is 1. The summed E-state index contributed by atoms with van der Waals surface area (Å²) >= 11 is 1.87. The van der Waals surface area contributed by atoms with Crippen LogP contribution in [0.5, 0.6) is 0 Å². The first-order valence-electron chi connectivity index (χ1n) is 19.9. The van der Waals surface area contributed by atoms with Crippen molar-refractivity contribution in [3.05, 3.63) is 194 Å². The summed E-state index contributed by atoms with van der Waals surface area (Å²) in [7, 11) is 0. The summed E-state index contributed by atoms with van der Waals surface area (Å²) in [5, 5.41) is 17.5. The molecule has 58 heavy (non-hydrogen) atoms. The van der Waals surface area contributed by atoms with E-state index in [0.717, 1.165) is 16.6 Å². The van der Waals surface area contributed by atoms with Gasteiger partial charge in [0, 0.05) is 30.9 Å². The quantitative estimate of drug-likeness (QED) is 0.164. The van der Waals surface area contributed by atoms with E-state index >= 15 is 0 Å². The molecule has 0 atom stereocenters. The molecule has 1 nitrogen and oxygen atoms in total. The Morgan fingerprint density at radius 2 is 0.862 bits per heavy atom. The van der Waals surface area contributed by atoms with Crippen LogP contribution in [0.25, 0.3) is 129 Å². The molecule has 0 unspecified atom stereocenters. The fourth-order valence-corrected chi connectivity index (χ4v) is 11.0. The zero-order valence-corrected chi connectivity index (χ0v) is 32.1. The second-order valence-corrected chi connectivity index (χ2v) is 16.6. The van der Waals surface area contributed by atoms with Crippen molar-refractivity contribution in [3.63, 3.8) is 0 Å². The molecule has 2 heteroatoms. The van der Waals surface area contributed by atoms with Crippen LogP contribution in [0.4, 0.5) is 0 Å². The Hall–Kier alpha value is -7.26. The highest BCUT2D eigenvalue weighted by Gasteiger charge is 2.20. The van der Waals surface area contributed by atoms with Gasteiger partial charge in [0.15, 0.2) is 0 Å². The Bertz CT molecular complexity index is 3800. The van der Waals surface area contributed by atoms with E-state index in [4.69, 9.17) is 4.42 Å². The van der Waals surface area contributed by atoms with Crippen LogP contribution in [0.2, 0.25) is 0 Å². The Morgan fingerprint density at radius 1 is 0.293 bits per heavy atom. The minimum absolute atomic E-state index is 0.930. The van der Waals surface area contributed by atoms with Crippen molar-refractivity contribution in [2.45, 2.75) is 0 Å². The predicted molar refractivity (Wildman–Crippen MR) is 250 cm³/mol. The van der Waals surface area contributed by atoms with Crippen LogP contribution in [0, 0.1) is 0 Å². The maximum absolute atomic E-state index is 6.29. The average molecular weight is 753 g/mol. The van der Waals surface area contributed by atoms with Gasteiger partial charge in [-0.05, 0) is 124 Å². The molecule has 0 saturated carbocycles. The second-order valence-electron chi connectivity index (χ2n) is 15.5. The van der Waals surface area contributed by atoms with E-state index in [9.17, 15) is 0 Å². The minimum Gasteiger partial charge on any atom is -0.456 e. The van der Waals surface area contributed by atoms with Gasteiger partial charge in [-0.15, -0.1) is 11.3 Å². The fraction of sp³-hybridized carbons (Fsp3) is 0. The van der Waals surface area contributed by atoms with Crippen LogP contribution in [0.15, 0.2) is 199 Å². The lowest BCUT2D eigenvalue weighted by atomic mass is 9.83. The number of hydrogen-bond acceptors (Lipinski definition) is 2. The standard InChI is InChI=1S/C56H32OS/c1-2-14-36-33(12-1)13-11-22-40(36)54-41-17-5-7-19-43(41)55(44-20-8-6-18-42(44)54)45-27-26-37(38-15-3-4-16-39(38)45)34-25-29-52-48(30-34)49-32-47-35(31-53(49)58-52)24-28-51-56(47)46-21-9-10-23-50(46)57-51/h1-32H. The Labute approximate surface area is 337 Å². The molecular weight excluding hydrogens is 721 g/mol. The average Bonchev–Trinajstić information content (AvgIpc) is 3.85. The van der Waals surface area contributed by atoms with Crippen molar-refractivity contribution < 1.29 is 4.42 Å².